The van der Waals surface area contributed by atoms with Crippen molar-refractivity contribution < 1.29 is 28.5 Å². The van der Waals surface area contributed by atoms with Gasteiger partial charge in [-0.15, -0.1) is 0 Å². The first-order chi connectivity index (χ1) is 16.1. The summed E-state index contributed by atoms with van der Waals surface area (Å²) in [5.41, 5.74) is 1.44. The van der Waals surface area contributed by atoms with Gasteiger partial charge in [0.2, 0.25) is 12.7 Å². The molecule has 0 atom stereocenters. The number of carbonyl (C=O) groups is 1. The third kappa shape index (κ3) is 5.32. The Morgan fingerprint density at radius 3 is 2.73 bits per heavy atom. The summed E-state index contributed by atoms with van der Waals surface area (Å²) in [5.74, 6) is 2.55. The predicted molar refractivity (Wildman–Crippen MR) is 120 cm³/mol. The second-order valence-corrected chi connectivity index (χ2v) is 8.17. The lowest BCUT2D eigenvalue weighted by molar-refractivity contribution is -0.121. The SMILES string of the molecule is COc1cc(C#N)ccc1OCCCC(=O)NCC1(c2ccc3c(c2)OCO3)CCOCC1. The molecule has 0 radical (unpaired) electrons. The average Bonchev–Trinajstić information content (AvgIpc) is 3.34. The summed E-state index contributed by atoms with van der Waals surface area (Å²) in [4.78, 5) is 12.6. The van der Waals surface area contributed by atoms with Gasteiger partial charge in [0, 0.05) is 37.7 Å². The lowest BCUT2D eigenvalue weighted by Crippen LogP contribution is -2.44. The fraction of sp³-hybridized carbons (Fsp3) is 0.440. The van der Waals surface area contributed by atoms with E-state index in [1.165, 1.54) is 7.11 Å². The highest BCUT2D eigenvalue weighted by Crippen LogP contribution is 2.40. The van der Waals surface area contributed by atoms with Crippen LogP contribution < -0.4 is 24.3 Å². The molecule has 0 saturated carbocycles. The van der Waals surface area contributed by atoms with Crippen LogP contribution in [-0.2, 0) is 14.9 Å². The number of ether oxygens (including phenoxy) is 5. The fourth-order valence-electron chi connectivity index (χ4n) is 4.18. The maximum absolute atomic E-state index is 12.6. The smallest absolute Gasteiger partial charge is 0.231 e. The van der Waals surface area contributed by atoms with Gasteiger partial charge in [0.05, 0.1) is 25.3 Å². The summed E-state index contributed by atoms with van der Waals surface area (Å²) >= 11 is 0. The van der Waals surface area contributed by atoms with Gasteiger partial charge >= 0.3 is 0 Å². The summed E-state index contributed by atoms with van der Waals surface area (Å²) in [5, 5.41) is 12.1. The molecule has 8 heteroatoms. The molecule has 0 spiro atoms. The van der Waals surface area contributed by atoms with E-state index in [4.69, 9.17) is 28.9 Å². The Kier molecular flexibility index (Phi) is 7.20. The Balaban J connectivity index is 1.29. The normalized spacial score (nSPS) is 16.0. The van der Waals surface area contributed by atoms with Crippen molar-refractivity contribution in [1.29, 1.82) is 5.26 Å². The number of methoxy groups -OCH3 is 1. The van der Waals surface area contributed by atoms with E-state index < -0.39 is 0 Å². The molecule has 2 aromatic rings. The van der Waals surface area contributed by atoms with E-state index in [0.717, 1.165) is 29.9 Å². The third-order valence-electron chi connectivity index (χ3n) is 6.16. The summed E-state index contributed by atoms with van der Waals surface area (Å²) in [6, 6.07) is 13.1. The monoisotopic (exact) mass is 452 g/mol. The van der Waals surface area contributed by atoms with Crippen molar-refractivity contribution in [2.75, 3.05) is 40.3 Å². The van der Waals surface area contributed by atoms with Crippen molar-refractivity contribution in [3.05, 3.63) is 47.5 Å². The van der Waals surface area contributed by atoms with Crippen LogP contribution in [-0.4, -0.2) is 46.2 Å². The van der Waals surface area contributed by atoms with E-state index in [-0.39, 0.29) is 18.1 Å². The lowest BCUT2D eigenvalue weighted by atomic mass is 9.74. The zero-order chi connectivity index (χ0) is 23.1. The minimum Gasteiger partial charge on any atom is -0.493 e. The van der Waals surface area contributed by atoms with Crippen LogP contribution in [0.5, 0.6) is 23.0 Å². The van der Waals surface area contributed by atoms with E-state index in [1.54, 1.807) is 18.2 Å². The predicted octanol–water partition coefficient (Wildman–Crippen LogP) is 3.32. The van der Waals surface area contributed by atoms with Crippen LogP contribution in [0.4, 0.5) is 0 Å². The molecule has 2 aliphatic rings. The first kappa shape index (κ1) is 22.7. The molecule has 1 fully saturated rings. The second kappa shape index (κ2) is 10.5. The van der Waals surface area contributed by atoms with Gasteiger partial charge in [-0.25, -0.2) is 0 Å². The quantitative estimate of drug-likeness (QED) is 0.583. The number of carbonyl (C=O) groups excluding carboxylic acids is 1. The summed E-state index contributed by atoms with van der Waals surface area (Å²) < 4.78 is 27.6. The van der Waals surface area contributed by atoms with Crippen molar-refractivity contribution in [1.82, 2.24) is 5.32 Å². The van der Waals surface area contributed by atoms with E-state index in [9.17, 15) is 4.79 Å². The number of nitrogens with zero attached hydrogens (tertiary/aromatic N) is 1. The number of amides is 1. The highest BCUT2D eigenvalue weighted by molar-refractivity contribution is 5.76. The molecular weight excluding hydrogens is 424 g/mol. The van der Waals surface area contributed by atoms with Crippen LogP contribution >= 0.6 is 0 Å². The highest BCUT2D eigenvalue weighted by atomic mass is 16.7. The molecule has 8 nitrogen and oxygen atoms in total. The molecule has 174 valence electrons. The maximum Gasteiger partial charge on any atom is 0.231 e. The molecule has 1 amide bonds. The van der Waals surface area contributed by atoms with Gasteiger partial charge in [-0.2, -0.15) is 5.26 Å². The summed E-state index contributed by atoms with van der Waals surface area (Å²) in [6.45, 7) is 2.47. The Labute approximate surface area is 193 Å². The number of nitrogens with one attached hydrogen (secondary N) is 1. The molecule has 1 saturated heterocycles. The van der Waals surface area contributed by atoms with Gasteiger partial charge < -0.3 is 29.0 Å². The molecule has 1 N–H and O–H groups in total. The molecule has 0 bridgehead atoms. The van der Waals surface area contributed by atoms with Crippen molar-refractivity contribution in [3.8, 4) is 29.1 Å². The largest absolute Gasteiger partial charge is 0.493 e. The Hall–Kier alpha value is -3.44. The number of rotatable bonds is 9. The molecule has 2 aromatic carbocycles. The van der Waals surface area contributed by atoms with Gasteiger partial charge in [-0.05, 0) is 49.1 Å². The Morgan fingerprint density at radius 2 is 1.94 bits per heavy atom. The fourth-order valence-corrected chi connectivity index (χ4v) is 4.18. The topological polar surface area (TPSA) is 99.0 Å². The minimum atomic E-state index is -0.193. The summed E-state index contributed by atoms with van der Waals surface area (Å²) in [7, 11) is 1.53. The van der Waals surface area contributed by atoms with Crippen LogP contribution in [0.2, 0.25) is 0 Å². The van der Waals surface area contributed by atoms with Crippen molar-refractivity contribution in [3.63, 3.8) is 0 Å². The minimum absolute atomic E-state index is 0.0167. The molecule has 4 rings (SSSR count). The van der Waals surface area contributed by atoms with Gasteiger partial charge in [-0.3, -0.25) is 4.79 Å². The summed E-state index contributed by atoms with van der Waals surface area (Å²) in [6.07, 6.45) is 2.57. The molecule has 0 unspecified atom stereocenters. The Bertz CT molecular complexity index is 1030. The Morgan fingerprint density at radius 1 is 1.12 bits per heavy atom. The zero-order valence-corrected chi connectivity index (χ0v) is 18.7. The highest BCUT2D eigenvalue weighted by Gasteiger charge is 2.36. The lowest BCUT2D eigenvalue weighted by Gasteiger charge is -2.38. The van der Waals surface area contributed by atoms with Crippen LogP contribution in [0, 0.1) is 11.3 Å². The molecular formula is C25H28N2O6. The zero-order valence-electron chi connectivity index (χ0n) is 18.7. The van der Waals surface area contributed by atoms with Gasteiger partial charge in [0.25, 0.3) is 0 Å². The molecule has 33 heavy (non-hydrogen) atoms. The van der Waals surface area contributed by atoms with E-state index in [2.05, 4.69) is 17.5 Å². The number of hydrogen-bond donors (Lipinski definition) is 1. The van der Waals surface area contributed by atoms with E-state index in [1.807, 2.05) is 12.1 Å². The molecule has 0 aliphatic carbocycles. The molecule has 2 heterocycles. The van der Waals surface area contributed by atoms with Crippen LogP contribution in [0.25, 0.3) is 0 Å². The maximum atomic E-state index is 12.6. The number of benzene rings is 2. The number of hydrogen-bond acceptors (Lipinski definition) is 7. The van der Waals surface area contributed by atoms with Crippen molar-refractivity contribution >= 4 is 5.91 Å². The van der Waals surface area contributed by atoms with Crippen LogP contribution in [0.15, 0.2) is 36.4 Å². The van der Waals surface area contributed by atoms with Gasteiger partial charge in [0.1, 0.15) is 0 Å². The van der Waals surface area contributed by atoms with Crippen molar-refractivity contribution in [2.24, 2.45) is 0 Å². The van der Waals surface area contributed by atoms with Gasteiger partial charge in [-0.1, -0.05) is 6.07 Å². The number of nitriles is 1. The first-order valence-electron chi connectivity index (χ1n) is 11.1. The van der Waals surface area contributed by atoms with Gasteiger partial charge in [0.15, 0.2) is 23.0 Å². The standard InChI is InChI=1S/C25H28N2O6/c1-29-22-13-18(15-26)4-6-20(22)31-10-2-3-24(28)27-16-25(8-11-30-12-9-25)19-5-7-21-23(14-19)33-17-32-21/h4-7,13-14H,2-3,8-12,16-17H2,1H3,(H,27,28). The molecule has 2 aliphatic heterocycles. The average molecular weight is 453 g/mol. The third-order valence-corrected chi connectivity index (χ3v) is 6.16. The van der Waals surface area contributed by atoms with E-state index in [0.29, 0.717) is 56.3 Å². The first-order valence-corrected chi connectivity index (χ1v) is 11.1. The second-order valence-electron chi connectivity index (χ2n) is 8.17. The van der Waals surface area contributed by atoms with Crippen LogP contribution in [0.3, 0.4) is 0 Å². The van der Waals surface area contributed by atoms with E-state index >= 15 is 0 Å². The molecule has 0 aromatic heterocycles. The van der Waals surface area contributed by atoms with Crippen LogP contribution in [0.1, 0.15) is 36.8 Å². The number of fused-ring (bicyclic) bond motifs is 1. The van der Waals surface area contributed by atoms with Crippen molar-refractivity contribution in [2.45, 2.75) is 31.1 Å².